The van der Waals surface area contributed by atoms with Crippen molar-refractivity contribution in [1.82, 2.24) is 5.32 Å². The van der Waals surface area contributed by atoms with E-state index in [0.29, 0.717) is 16.7 Å². The van der Waals surface area contributed by atoms with E-state index >= 15 is 0 Å². The fraction of sp³-hybridized carbons (Fsp3) is 0.0714. The zero-order valence-electron chi connectivity index (χ0n) is 9.35. The molecule has 1 aliphatic rings. The quantitative estimate of drug-likeness (QED) is 0.850. The molecule has 0 spiro atoms. The van der Waals surface area contributed by atoms with Gasteiger partial charge in [0, 0.05) is 21.2 Å². The van der Waals surface area contributed by atoms with Gasteiger partial charge in [-0.2, -0.15) is 0 Å². The van der Waals surface area contributed by atoms with E-state index in [0.717, 1.165) is 4.47 Å². The number of rotatable bonds is 1. The molecule has 0 saturated carbocycles. The van der Waals surface area contributed by atoms with Crippen LogP contribution >= 0.6 is 15.9 Å². The van der Waals surface area contributed by atoms with Crippen molar-refractivity contribution in [3.63, 3.8) is 0 Å². The van der Waals surface area contributed by atoms with Crippen molar-refractivity contribution in [2.24, 2.45) is 0 Å². The molecule has 2 N–H and O–H groups in total. The lowest BCUT2D eigenvalue weighted by atomic mass is 9.95. The Labute approximate surface area is 113 Å². The van der Waals surface area contributed by atoms with Crippen LogP contribution in [0.4, 0.5) is 0 Å². The standard InChI is InChI=1S/C14H10BrNO2/c15-10-7-5-9(6-8-10)14(18)12-4-2-1-3-11(12)13(17)16-14/h1-8,18H,(H,16,17)/t14-/m1/s1. The number of nitrogens with one attached hydrogen (secondary N) is 1. The van der Waals surface area contributed by atoms with Crippen molar-refractivity contribution >= 4 is 21.8 Å². The predicted octanol–water partition coefficient (Wildman–Crippen LogP) is 2.39. The molecule has 0 radical (unpaired) electrons. The fourth-order valence-electron chi connectivity index (χ4n) is 2.21. The Kier molecular flexibility index (Phi) is 2.50. The lowest BCUT2D eigenvalue weighted by Gasteiger charge is -2.24. The first-order chi connectivity index (χ1) is 8.61. The number of amides is 1. The minimum absolute atomic E-state index is 0.254. The van der Waals surface area contributed by atoms with Crippen LogP contribution in [-0.2, 0) is 5.72 Å². The molecule has 18 heavy (non-hydrogen) atoms. The van der Waals surface area contributed by atoms with Crippen molar-refractivity contribution in [1.29, 1.82) is 0 Å². The molecule has 1 amide bonds. The first-order valence-electron chi connectivity index (χ1n) is 5.52. The van der Waals surface area contributed by atoms with Crippen molar-refractivity contribution < 1.29 is 9.90 Å². The van der Waals surface area contributed by atoms with Crippen LogP contribution in [0.25, 0.3) is 0 Å². The summed E-state index contributed by atoms with van der Waals surface area (Å²) < 4.78 is 0.924. The number of hydrogen-bond acceptors (Lipinski definition) is 2. The van der Waals surface area contributed by atoms with Crippen LogP contribution in [0, 0.1) is 0 Å². The highest BCUT2D eigenvalue weighted by Crippen LogP contribution is 2.34. The second-order valence-electron chi connectivity index (χ2n) is 4.22. The molecular weight excluding hydrogens is 294 g/mol. The Hall–Kier alpha value is -1.65. The summed E-state index contributed by atoms with van der Waals surface area (Å²) in [7, 11) is 0. The summed E-state index contributed by atoms with van der Waals surface area (Å²) >= 11 is 3.35. The molecule has 0 unspecified atom stereocenters. The molecule has 3 rings (SSSR count). The van der Waals surface area contributed by atoms with Crippen LogP contribution in [0.5, 0.6) is 0 Å². The largest absolute Gasteiger partial charge is 0.363 e. The molecule has 3 nitrogen and oxygen atoms in total. The number of aliphatic hydroxyl groups is 1. The Balaban J connectivity index is 2.17. The molecular formula is C14H10BrNO2. The molecule has 2 aromatic carbocycles. The number of fused-ring (bicyclic) bond motifs is 1. The van der Waals surface area contributed by atoms with Crippen LogP contribution in [0.15, 0.2) is 53.0 Å². The van der Waals surface area contributed by atoms with Gasteiger partial charge in [-0.05, 0) is 18.2 Å². The Bertz CT molecular complexity index is 624. The summed E-state index contributed by atoms with van der Waals surface area (Å²) in [4.78, 5) is 11.8. The van der Waals surface area contributed by atoms with E-state index in [2.05, 4.69) is 21.2 Å². The maximum Gasteiger partial charge on any atom is 0.254 e. The number of carbonyl (C=O) groups is 1. The zero-order valence-corrected chi connectivity index (χ0v) is 10.9. The normalized spacial score (nSPS) is 21.6. The van der Waals surface area contributed by atoms with Crippen LogP contribution in [0.1, 0.15) is 21.5 Å². The van der Waals surface area contributed by atoms with E-state index in [9.17, 15) is 9.90 Å². The van der Waals surface area contributed by atoms with Crippen molar-refractivity contribution in [2.75, 3.05) is 0 Å². The zero-order chi connectivity index (χ0) is 12.8. The van der Waals surface area contributed by atoms with Gasteiger partial charge in [0.25, 0.3) is 5.91 Å². The van der Waals surface area contributed by atoms with Gasteiger partial charge in [0.15, 0.2) is 5.72 Å². The Morgan fingerprint density at radius 2 is 1.72 bits per heavy atom. The number of carbonyl (C=O) groups excluding carboxylic acids is 1. The Morgan fingerprint density at radius 1 is 1.06 bits per heavy atom. The highest BCUT2D eigenvalue weighted by atomic mass is 79.9. The molecule has 1 aliphatic heterocycles. The lowest BCUT2D eigenvalue weighted by Crippen LogP contribution is -2.40. The van der Waals surface area contributed by atoms with Gasteiger partial charge in [-0.1, -0.05) is 46.3 Å². The van der Waals surface area contributed by atoms with E-state index in [1.165, 1.54) is 0 Å². The molecule has 90 valence electrons. The minimum atomic E-state index is -1.44. The van der Waals surface area contributed by atoms with E-state index in [1.54, 1.807) is 30.3 Å². The van der Waals surface area contributed by atoms with Crippen LogP contribution < -0.4 is 5.32 Å². The van der Waals surface area contributed by atoms with Gasteiger partial charge >= 0.3 is 0 Å². The summed E-state index contributed by atoms with van der Waals surface area (Å²) in [6.45, 7) is 0. The SMILES string of the molecule is O=C1N[C@@](O)(c2ccc(Br)cc2)c2ccccc21. The number of benzene rings is 2. The first kappa shape index (κ1) is 11.4. The average Bonchev–Trinajstić information content (AvgIpc) is 2.64. The molecule has 1 heterocycles. The monoisotopic (exact) mass is 303 g/mol. The predicted molar refractivity (Wildman–Crippen MR) is 71.0 cm³/mol. The third-order valence-electron chi connectivity index (χ3n) is 3.12. The molecule has 0 aliphatic carbocycles. The molecule has 0 aromatic heterocycles. The second kappa shape index (κ2) is 3.93. The van der Waals surface area contributed by atoms with Crippen LogP contribution in [0.3, 0.4) is 0 Å². The molecule has 0 bridgehead atoms. The third kappa shape index (κ3) is 1.57. The molecule has 0 fully saturated rings. The topological polar surface area (TPSA) is 49.3 Å². The van der Waals surface area contributed by atoms with Gasteiger partial charge in [-0.15, -0.1) is 0 Å². The van der Waals surface area contributed by atoms with Crippen LogP contribution in [-0.4, -0.2) is 11.0 Å². The summed E-state index contributed by atoms with van der Waals surface area (Å²) in [6, 6.07) is 14.3. The highest BCUT2D eigenvalue weighted by Gasteiger charge is 2.42. The molecule has 1 atom stereocenters. The van der Waals surface area contributed by atoms with E-state index < -0.39 is 5.72 Å². The molecule has 0 saturated heterocycles. The highest BCUT2D eigenvalue weighted by molar-refractivity contribution is 9.10. The molecule has 2 aromatic rings. The van der Waals surface area contributed by atoms with Crippen molar-refractivity contribution in [3.8, 4) is 0 Å². The third-order valence-corrected chi connectivity index (χ3v) is 3.65. The summed E-state index contributed by atoms with van der Waals surface area (Å²) in [5.41, 5.74) is 0.318. The van der Waals surface area contributed by atoms with Gasteiger partial charge in [0.1, 0.15) is 0 Å². The lowest BCUT2D eigenvalue weighted by molar-refractivity contribution is 0.0476. The van der Waals surface area contributed by atoms with E-state index in [-0.39, 0.29) is 5.91 Å². The number of halogens is 1. The van der Waals surface area contributed by atoms with Gasteiger partial charge < -0.3 is 10.4 Å². The fourth-order valence-corrected chi connectivity index (χ4v) is 2.48. The summed E-state index contributed by atoms with van der Waals surface area (Å²) in [5, 5.41) is 13.4. The maximum absolute atomic E-state index is 11.8. The summed E-state index contributed by atoms with van der Waals surface area (Å²) in [6.07, 6.45) is 0. The first-order valence-corrected chi connectivity index (χ1v) is 6.31. The van der Waals surface area contributed by atoms with Gasteiger partial charge in [0.05, 0.1) is 0 Å². The second-order valence-corrected chi connectivity index (χ2v) is 5.13. The van der Waals surface area contributed by atoms with E-state index in [1.807, 2.05) is 18.2 Å². The molecule has 4 heteroatoms. The minimum Gasteiger partial charge on any atom is -0.363 e. The average molecular weight is 304 g/mol. The van der Waals surface area contributed by atoms with Gasteiger partial charge in [0.2, 0.25) is 0 Å². The van der Waals surface area contributed by atoms with Gasteiger partial charge in [-0.25, -0.2) is 0 Å². The number of hydrogen-bond donors (Lipinski definition) is 2. The maximum atomic E-state index is 11.8. The van der Waals surface area contributed by atoms with Crippen LogP contribution in [0.2, 0.25) is 0 Å². The summed E-state index contributed by atoms with van der Waals surface area (Å²) in [5.74, 6) is -0.254. The van der Waals surface area contributed by atoms with E-state index in [4.69, 9.17) is 0 Å². The van der Waals surface area contributed by atoms with Crippen molar-refractivity contribution in [3.05, 3.63) is 69.7 Å². The Morgan fingerprint density at radius 3 is 2.44 bits per heavy atom. The smallest absolute Gasteiger partial charge is 0.254 e. The van der Waals surface area contributed by atoms with Gasteiger partial charge in [-0.3, -0.25) is 4.79 Å². The van der Waals surface area contributed by atoms with Crippen molar-refractivity contribution in [2.45, 2.75) is 5.72 Å².